The van der Waals surface area contributed by atoms with Crippen molar-refractivity contribution in [3.8, 4) is 5.69 Å². The molecule has 2 aromatic heterocycles. The Hall–Kier alpha value is -2.61. The number of aromatic carboxylic acids is 1. The predicted molar refractivity (Wildman–Crippen MR) is 78.5 cm³/mol. The zero-order valence-electron chi connectivity index (χ0n) is 11.3. The van der Waals surface area contributed by atoms with E-state index in [0.717, 1.165) is 12.1 Å². The molecule has 8 heteroatoms. The molecule has 0 aliphatic carbocycles. The highest BCUT2D eigenvalue weighted by atomic mass is 32.1. The second kappa shape index (κ2) is 5.24. The second-order valence-electron chi connectivity index (χ2n) is 4.73. The Labute approximate surface area is 131 Å². The van der Waals surface area contributed by atoms with Crippen molar-refractivity contribution in [2.45, 2.75) is 6.18 Å². The van der Waals surface area contributed by atoms with Crippen molar-refractivity contribution in [1.82, 2.24) is 4.57 Å². The van der Waals surface area contributed by atoms with Gasteiger partial charge in [-0.3, -0.25) is 4.79 Å². The minimum atomic E-state index is -4.58. The number of aromatic nitrogens is 1. The van der Waals surface area contributed by atoms with E-state index >= 15 is 0 Å². The number of hydrogen-bond acceptors (Lipinski definition) is 3. The van der Waals surface area contributed by atoms with Crippen molar-refractivity contribution in [2.24, 2.45) is 0 Å². The number of carboxylic acids is 1. The second-order valence-corrected chi connectivity index (χ2v) is 5.68. The molecule has 0 saturated heterocycles. The van der Waals surface area contributed by atoms with Gasteiger partial charge in [0.1, 0.15) is 5.69 Å². The van der Waals surface area contributed by atoms with Gasteiger partial charge in [-0.05, 0) is 35.7 Å². The quantitative estimate of drug-likeness (QED) is 0.727. The molecule has 0 aliphatic rings. The van der Waals surface area contributed by atoms with Gasteiger partial charge in [-0.15, -0.1) is 11.3 Å². The van der Waals surface area contributed by atoms with Gasteiger partial charge < -0.3 is 9.67 Å². The first-order valence-corrected chi connectivity index (χ1v) is 7.20. The SMILES string of the molecule is O=Cc1cc(C(F)(F)F)ccc1-n1c(C(=O)O)cc2sccc21. The molecule has 3 aromatic rings. The molecule has 2 heterocycles. The Kier molecular flexibility index (Phi) is 3.48. The van der Waals surface area contributed by atoms with Crippen LogP contribution in [0.2, 0.25) is 0 Å². The van der Waals surface area contributed by atoms with E-state index in [1.165, 1.54) is 22.0 Å². The topological polar surface area (TPSA) is 59.3 Å². The normalized spacial score (nSPS) is 11.8. The third-order valence-corrected chi connectivity index (χ3v) is 4.22. The Morgan fingerprint density at radius 2 is 1.96 bits per heavy atom. The number of alkyl halides is 3. The smallest absolute Gasteiger partial charge is 0.416 e. The lowest BCUT2D eigenvalue weighted by Crippen LogP contribution is -2.11. The maximum absolute atomic E-state index is 12.8. The van der Waals surface area contributed by atoms with Crippen LogP contribution in [0.1, 0.15) is 26.4 Å². The summed E-state index contributed by atoms with van der Waals surface area (Å²) < 4.78 is 40.3. The summed E-state index contributed by atoms with van der Waals surface area (Å²) in [4.78, 5) is 22.6. The van der Waals surface area contributed by atoms with Gasteiger partial charge >= 0.3 is 12.1 Å². The number of halogens is 3. The fraction of sp³-hybridized carbons (Fsp3) is 0.0667. The zero-order chi connectivity index (χ0) is 16.8. The van der Waals surface area contributed by atoms with Crippen LogP contribution >= 0.6 is 11.3 Å². The van der Waals surface area contributed by atoms with Gasteiger partial charge in [0.25, 0.3) is 0 Å². The number of benzene rings is 1. The molecule has 0 bridgehead atoms. The Morgan fingerprint density at radius 1 is 1.22 bits per heavy atom. The molecule has 0 radical (unpaired) electrons. The molecule has 3 rings (SSSR count). The highest BCUT2D eigenvalue weighted by Gasteiger charge is 2.31. The van der Waals surface area contributed by atoms with E-state index in [1.807, 2.05) is 0 Å². The number of fused-ring (bicyclic) bond motifs is 1. The highest BCUT2D eigenvalue weighted by molar-refractivity contribution is 7.17. The van der Waals surface area contributed by atoms with E-state index in [0.29, 0.717) is 16.3 Å². The monoisotopic (exact) mass is 339 g/mol. The number of aldehydes is 1. The summed E-state index contributed by atoms with van der Waals surface area (Å²) in [7, 11) is 0. The summed E-state index contributed by atoms with van der Waals surface area (Å²) in [5.74, 6) is -1.23. The van der Waals surface area contributed by atoms with Crippen LogP contribution < -0.4 is 0 Å². The average Bonchev–Trinajstić information content (AvgIpc) is 3.05. The Bertz CT molecular complexity index is 924. The summed E-state index contributed by atoms with van der Waals surface area (Å²) in [6.45, 7) is 0. The highest BCUT2D eigenvalue weighted by Crippen LogP contribution is 2.34. The number of hydrogen-bond donors (Lipinski definition) is 1. The molecule has 0 amide bonds. The van der Waals surface area contributed by atoms with Crippen LogP contribution in [0.4, 0.5) is 13.2 Å². The maximum atomic E-state index is 12.8. The Morgan fingerprint density at radius 3 is 2.57 bits per heavy atom. The first-order chi connectivity index (χ1) is 10.8. The maximum Gasteiger partial charge on any atom is 0.416 e. The lowest BCUT2D eigenvalue weighted by atomic mass is 10.1. The van der Waals surface area contributed by atoms with Gasteiger partial charge in [-0.1, -0.05) is 0 Å². The van der Waals surface area contributed by atoms with Crippen LogP contribution in [-0.4, -0.2) is 21.9 Å². The van der Waals surface area contributed by atoms with Gasteiger partial charge in [0, 0.05) is 5.56 Å². The van der Waals surface area contributed by atoms with E-state index in [9.17, 15) is 27.9 Å². The summed E-state index contributed by atoms with van der Waals surface area (Å²) >= 11 is 1.30. The van der Waals surface area contributed by atoms with Crippen molar-refractivity contribution in [2.75, 3.05) is 0 Å². The molecule has 118 valence electrons. The summed E-state index contributed by atoms with van der Waals surface area (Å²) in [6.07, 6.45) is -4.30. The largest absolute Gasteiger partial charge is 0.477 e. The van der Waals surface area contributed by atoms with Crippen LogP contribution in [0.25, 0.3) is 15.9 Å². The van der Waals surface area contributed by atoms with Crippen LogP contribution in [0, 0.1) is 0 Å². The third-order valence-electron chi connectivity index (χ3n) is 3.36. The molecule has 0 fully saturated rings. The number of rotatable bonds is 3. The lowest BCUT2D eigenvalue weighted by Gasteiger charge is -2.13. The van der Waals surface area contributed by atoms with Crippen LogP contribution in [0.5, 0.6) is 0 Å². The van der Waals surface area contributed by atoms with E-state index in [1.54, 1.807) is 11.4 Å². The first-order valence-electron chi connectivity index (χ1n) is 6.32. The number of carboxylic acid groups (broad SMARTS) is 1. The molecule has 0 saturated carbocycles. The summed E-state index contributed by atoms with van der Waals surface area (Å²) in [5, 5.41) is 11.0. The fourth-order valence-corrected chi connectivity index (χ4v) is 3.17. The van der Waals surface area contributed by atoms with E-state index in [-0.39, 0.29) is 23.2 Å². The molecule has 23 heavy (non-hydrogen) atoms. The first kappa shape index (κ1) is 15.3. The van der Waals surface area contributed by atoms with E-state index in [2.05, 4.69) is 0 Å². The molecule has 1 aromatic carbocycles. The van der Waals surface area contributed by atoms with Gasteiger partial charge in [0.05, 0.1) is 21.5 Å². The summed E-state index contributed by atoms with van der Waals surface area (Å²) in [6, 6.07) is 5.72. The molecular formula is C15H8F3NO3S. The zero-order valence-corrected chi connectivity index (χ0v) is 12.1. The minimum absolute atomic E-state index is 0.0961. The van der Waals surface area contributed by atoms with Crippen LogP contribution in [0.3, 0.4) is 0 Å². The van der Waals surface area contributed by atoms with E-state index in [4.69, 9.17) is 0 Å². The third kappa shape index (κ3) is 2.50. The number of carbonyl (C=O) groups excluding carboxylic acids is 1. The van der Waals surface area contributed by atoms with Crippen molar-refractivity contribution < 1.29 is 27.9 Å². The summed E-state index contributed by atoms with van der Waals surface area (Å²) in [5.41, 5.74) is -0.691. The van der Waals surface area contributed by atoms with Gasteiger partial charge in [0.2, 0.25) is 0 Å². The van der Waals surface area contributed by atoms with Crippen LogP contribution in [0.15, 0.2) is 35.7 Å². The standard InChI is InChI=1S/C15H8F3NO3S/c16-15(17,18)9-1-2-10(8(5-9)7-20)19-11-3-4-23-13(11)6-12(19)14(21)22/h1-7H,(H,21,22). The molecular weight excluding hydrogens is 331 g/mol. The number of carbonyl (C=O) groups is 2. The number of nitrogens with zero attached hydrogens (tertiary/aromatic N) is 1. The van der Waals surface area contributed by atoms with Crippen molar-refractivity contribution in [3.63, 3.8) is 0 Å². The van der Waals surface area contributed by atoms with E-state index < -0.39 is 17.7 Å². The molecule has 4 nitrogen and oxygen atoms in total. The lowest BCUT2D eigenvalue weighted by molar-refractivity contribution is -0.137. The molecule has 0 atom stereocenters. The van der Waals surface area contributed by atoms with Crippen molar-refractivity contribution in [3.05, 3.63) is 52.5 Å². The van der Waals surface area contributed by atoms with Crippen molar-refractivity contribution >= 4 is 33.8 Å². The average molecular weight is 339 g/mol. The Balaban J connectivity index is 2.30. The number of thiophene rings is 1. The van der Waals surface area contributed by atoms with Gasteiger partial charge in [-0.2, -0.15) is 13.2 Å². The minimum Gasteiger partial charge on any atom is -0.477 e. The van der Waals surface area contributed by atoms with Gasteiger partial charge in [-0.25, -0.2) is 4.79 Å². The molecule has 0 aliphatic heterocycles. The van der Waals surface area contributed by atoms with Crippen LogP contribution in [-0.2, 0) is 6.18 Å². The molecule has 0 spiro atoms. The molecule has 1 N–H and O–H groups in total. The fourth-order valence-electron chi connectivity index (χ4n) is 2.37. The van der Waals surface area contributed by atoms with Crippen molar-refractivity contribution in [1.29, 1.82) is 0 Å². The molecule has 0 unspecified atom stereocenters. The van der Waals surface area contributed by atoms with Gasteiger partial charge in [0.15, 0.2) is 6.29 Å². The predicted octanol–water partition coefficient (Wildman–Crippen LogP) is 4.22.